The van der Waals surface area contributed by atoms with Crippen LogP contribution in [0.15, 0.2) is 94.7 Å². The minimum absolute atomic E-state index is 0.0523. The van der Waals surface area contributed by atoms with Crippen molar-refractivity contribution in [1.82, 2.24) is 19.8 Å². The molecule has 2 aliphatic rings. The maximum atomic E-state index is 13.5. The molecule has 2 atom stereocenters. The van der Waals surface area contributed by atoms with E-state index in [1.807, 2.05) is 13.8 Å². The average molecular weight is 895 g/mol. The highest BCUT2D eigenvalue weighted by atomic mass is 32.2. The summed E-state index contributed by atoms with van der Waals surface area (Å²) < 4.78 is 78.2. The van der Waals surface area contributed by atoms with Gasteiger partial charge in [-0.05, 0) is 74.5 Å². The number of aromatic nitrogens is 2. The van der Waals surface area contributed by atoms with Crippen molar-refractivity contribution < 1.29 is 35.2 Å². The Morgan fingerprint density at radius 2 is 1.07 bits per heavy atom. The number of piperazine rings is 2. The van der Waals surface area contributed by atoms with Crippen molar-refractivity contribution >= 4 is 84.9 Å². The molecule has 0 aliphatic carbocycles. The van der Waals surface area contributed by atoms with Gasteiger partial charge in [0.2, 0.25) is 0 Å². The number of rotatable bonds is 8. The normalized spacial score (nSPS) is 17.5. The molecule has 316 valence electrons. The molecule has 2 aromatic heterocycles. The van der Waals surface area contributed by atoms with Crippen LogP contribution in [0.2, 0.25) is 0 Å². The Balaban J connectivity index is 0.000000182. The maximum Gasteiger partial charge on any atom is 0.255 e. The fourth-order valence-corrected chi connectivity index (χ4v) is 11.7. The van der Waals surface area contributed by atoms with E-state index < -0.39 is 19.7 Å². The first-order valence-corrected chi connectivity index (χ1v) is 24.4. The zero-order chi connectivity index (χ0) is 42.9. The van der Waals surface area contributed by atoms with Crippen molar-refractivity contribution in [1.29, 1.82) is 0 Å². The third-order valence-corrected chi connectivity index (χ3v) is 16.3. The van der Waals surface area contributed by atoms with Crippen molar-refractivity contribution in [2.24, 2.45) is 0 Å². The number of nitrogens with zero attached hydrogens (tertiary/aromatic N) is 6. The number of hydrogen-bond donors (Lipinski definition) is 0. The smallest absolute Gasteiger partial charge is 0.255 e. The first-order chi connectivity index (χ1) is 28.6. The molecular formula is C42H44F2N6O6S4. The van der Waals surface area contributed by atoms with Crippen LogP contribution in [0.25, 0.3) is 20.4 Å². The summed E-state index contributed by atoms with van der Waals surface area (Å²) in [7, 11) is -7.00. The van der Waals surface area contributed by atoms with Gasteiger partial charge in [-0.1, -0.05) is 60.8 Å². The third-order valence-electron chi connectivity index (χ3n) is 10.6. The van der Waals surface area contributed by atoms with Gasteiger partial charge in [0.1, 0.15) is 11.6 Å². The van der Waals surface area contributed by atoms with E-state index in [0.29, 0.717) is 39.3 Å². The minimum Gasteiger partial charge on any atom is -0.345 e. The lowest BCUT2D eigenvalue weighted by Crippen LogP contribution is -2.58. The van der Waals surface area contributed by atoms with Gasteiger partial charge in [0.15, 0.2) is 29.9 Å². The van der Waals surface area contributed by atoms with Gasteiger partial charge >= 0.3 is 0 Å². The van der Waals surface area contributed by atoms with E-state index in [4.69, 9.17) is 0 Å². The Morgan fingerprint density at radius 3 is 1.53 bits per heavy atom. The van der Waals surface area contributed by atoms with E-state index in [9.17, 15) is 35.2 Å². The summed E-state index contributed by atoms with van der Waals surface area (Å²) >= 11 is 2.85. The number of hydrogen-bond acceptors (Lipinski definition) is 12. The molecule has 2 fully saturated rings. The number of halogens is 2. The van der Waals surface area contributed by atoms with E-state index >= 15 is 0 Å². The summed E-state index contributed by atoms with van der Waals surface area (Å²) in [5.41, 5.74) is 1.94. The summed E-state index contributed by atoms with van der Waals surface area (Å²) in [6.45, 7) is 10.2. The van der Waals surface area contributed by atoms with Crippen LogP contribution < -0.4 is 9.80 Å². The van der Waals surface area contributed by atoms with E-state index in [0.717, 1.165) is 30.7 Å². The van der Waals surface area contributed by atoms with E-state index in [1.165, 1.54) is 59.1 Å². The zero-order valence-corrected chi connectivity index (χ0v) is 36.7. The van der Waals surface area contributed by atoms with Gasteiger partial charge in [0, 0.05) is 51.4 Å². The minimum atomic E-state index is -3.52. The summed E-state index contributed by atoms with van der Waals surface area (Å²) in [6, 6.07) is 21.5. The maximum absolute atomic E-state index is 13.5. The highest BCUT2D eigenvalue weighted by Gasteiger charge is 2.36. The molecular weight excluding hydrogens is 851 g/mol. The number of fused-ring (bicyclic) bond motifs is 2. The molecule has 2 saturated heterocycles. The van der Waals surface area contributed by atoms with Gasteiger partial charge in [0.05, 0.1) is 52.9 Å². The molecule has 60 heavy (non-hydrogen) atoms. The molecule has 2 amide bonds. The second-order valence-corrected chi connectivity index (χ2v) is 21.1. The Labute approximate surface area is 355 Å². The lowest BCUT2D eigenvalue weighted by molar-refractivity contribution is 0.0570. The molecule has 0 radical (unpaired) electrons. The van der Waals surface area contributed by atoms with Crippen LogP contribution in [0, 0.1) is 11.6 Å². The van der Waals surface area contributed by atoms with Crippen LogP contribution in [0.4, 0.5) is 19.0 Å². The van der Waals surface area contributed by atoms with E-state index in [1.54, 1.807) is 72.2 Å². The van der Waals surface area contributed by atoms with Gasteiger partial charge in [-0.3, -0.25) is 9.59 Å². The molecule has 0 N–H and O–H groups in total. The summed E-state index contributed by atoms with van der Waals surface area (Å²) in [6.07, 6.45) is 0. The van der Waals surface area contributed by atoms with Crippen LogP contribution in [-0.2, 0) is 19.7 Å². The largest absolute Gasteiger partial charge is 0.345 e. The Morgan fingerprint density at radius 1 is 0.633 bits per heavy atom. The number of sulfone groups is 2. The lowest BCUT2D eigenvalue weighted by Gasteiger charge is -2.44. The molecule has 2 aliphatic heterocycles. The monoisotopic (exact) mass is 894 g/mol. The SMILES string of the molecule is CCS(=O)(=O)c1ccccc1C(=O)N1C(C)CN(c2nc3ccc(F)cc3s2)CC1C.CCS(=O)(=O)c1ccccc1C(=O)N1CCN(c2nc3ccc(F)cc3s2)CC1. The second kappa shape index (κ2) is 17.5. The van der Waals surface area contributed by atoms with Crippen LogP contribution in [0.5, 0.6) is 0 Å². The van der Waals surface area contributed by atoms with E-state index in [-0.39, 0.29) is 68.0 Å². The highest BCUT2D eigenvalue weighted by Crippen LogP contribution is 2.33. The summed E-state index contributed by atoms with van der Waals surface area (Å²) in [5.74, 6) is -1.25. The Bertz CT molecular complexity index is 2780. The summed E-state index contributed by atoms with van der Waals surface area (Å²) in [5, 5.41) is 1.59. The second-order valence-electron chi connectivity index (χ2n) is 14.6. The number of amides is 2. The van der Waals surface area contributed by atoms with Crippen molar-refractivity contribution in [2.45, 2.75) is 49.6 Å². The molecule has 2 unspecified atom stereocenters. The van der Waals surface area contributed by atoms with Crippen LogP contribution >= 0.6 is 22.7 Å². The topological polar surface area (TPSA) is 141 Å². The highest BCUT2D eigenvalue weighted by molar-refractivity contribution is 7.91. The van der Waals surface area contributed by atoms with Crippen LogP contribution in [-0.4, -0.2) is 111 Å². The molecule has 4 heterocycles. The molecule has 18 heteroatoms. The van der Waals surface area contributed by atoms with Gasteiger partial charge in [-0.2, -0.15) is 0 Å². The van der Waals surface area contributed by atoms with Crippen molar-refractivity contribution in [3.05, 3.63) is 108 Å². The molecule has 8 rings (SSSR count). The summed E-state index contributed by atoms with van der Waals surface area (Å²) in [4.78, 5) is 43.4. The number of thiazole rings is 2. The number of carbonyl (C=O) groups is 2. The Kier molecular flexibility index (Phi) is 12.6. The molecule has 6 aromatic rings. The fourth-order valence-electron chi connectivity index (χ4n) is 7.47. The molecule has 12 nitrogen and oxygen atoms in total. The molecule has 0 saturated carbocycles. The zero-order valence-electron chi connectivity index (χ0n) is 33.4. The predicted octanol–water partition coefficient (Wildman–Crippen LogP) is 7.16. The number of benzene rings is 4. The predicted molar refractivity (Wildman–Crippen MR) is 233 cm³/mol. The first kappa shape index (κ1) is 43.1. The lowest BCUT2D eigenvalue weighted by atomic mass is 10.1. The Hall–Kier alpha value is -5.04. The van der Waals surface area contributed by atoms with Gasteiger partial charge < -0.3 is 19.6 Å². The first-order valence-electron chi connectivity index (χ1n) is 19.5. The number of anilines is 2. The van der Waals surface area contributed by atoms with Crippen LogP contribution in [0.3, 0.4) is 0 Å². The third kappa shape index (κ3) is 8.87. The van der Waals surface area contributed by atoms with Crippen molar-refractivity contribution in [3.8, 4) is 0 Å². The van der Waals surface area contributed by atoms with E-state index in [2.05, 4.69) is 19.8 Å². The van der Waals surface area contributed by atoms with Crippen LogP contribution in [0.1, 0.15) is 48.4 Å². The van der Waals surface area contributed by atoms with Gasteiger partial charge in [-0.25, -0.2) is 35.6 Å². The number of carbonyl (C=O) groups excluding carboxylic acids is 2. The molecule has 0 bridgehead atoms. The van der Waals surface area contributed by atoms with Crippen molar-refractivity contribution in [2.75, 3.05) is 60.6 Å². The quantitative estimate of drug-likeness (QED) is 0.155. The average Bonchev–Trinajstić information content (AvgIpc) is 3.87. The fraction of sp³-hybridized carbons (Fsp3) is 0.333. The molecule has 0 spiro atoms. The van der Waals surface area contributed by atoms with Gasteiger partial charge in [-0.15, -0.1) is 0 Å². The standard InChI is InChI=1S/C22H24FN3O3S2.C20H20FN3O3S2/c1-4-31(28,29)20-8-6-5-7-17(20)21(27)26-14(2)12-25(13-15(26)3)22-24-18-10-9-16(23)11-19(18)30-22;1-2-29(26,27)18-6-4-3-5-15(18)19(25)23-9-11-24(12-10-23)20-22-16-8-7-14(21)13-17(16)28-20/h5-11,14-15H,4,12-13H2,1-3H3;3-8,13H,2,9-12H2,1H3. The van der Waals surface area contributed by atoms with Gasteiger partial charge in [0.25, 0.3) is 11.8 Å². The van der Waals surface area contributed by atoms with Crippen molar-refractivity contribution in [3.63, 3.8) is 0 Å². The molecule has 4 aromatic carbocycles.